The molecule has 0 bridgehead atoms. The van der Waals surface area contributed by atoms with E-state index in [1.54, 1.807) is 0 Å². The fourth-order valence-corrected chi connectivity index (χ4v) is 1.91. The predicted octanol–water partition coefficient (Wildman–Crippen LogP) is 3.22. The zero-order chi connectivity index (χ0) is 6.69. The molecule has 9 heavy (non-hydrogen) atoms. The molecule has 1 saturated carbocycles. The Balaban J connectivity index is 2.29. The van der Waals surface area contributed by atoms with Crippen LogP contribution < -0.4 is 0 Å². The quantitative estimate of drug-likeness (QED) is 0.437. The Morgan fingerprint density at radius 2 is 1.33 bits per heavy atom. The van der Waals surface area contributed by atoms with Crippen molar-refractivity contribution in [3.05, 3.63) is 0 Å². The largest absolute Gasteiger partial charge is 0.0625 e. The summed E-state index contributed by atoms with van der Waals surface area (Å²) in [7, 11) is 0. The molecule has 0 heteroatoms. The molecule has 0 aromatic heterocycles. The average molecular weight is 126 g/mol. The van der Waals surface area contributed by atoms with Gasteiger partial charge < -0.3 is 0 Å². The molecule has 0 saturated heterocycles. The van der Waals surface area contributed by atoms with Crippen LogP contribution in [-0.4, -0.2) is 0 Å². The molecule has 0 spiro atoms. The first-order valence-corrected chi connectivity index (χ1v) is 4.29. The molecule has 1 aliphatic carbocycles. The Labute approximate surface area is 58.7 Å². The predicted molar refractivity (Wildman–Crippen MR) is 41.4 cm³/mol. The van der Waals surface area contributed by atoms with Gasteiger partial charge in [0.1, 0.15) is 0 Å². The van der Waals surface area contributed by atoms with Crippen LogP contribution in [0.1, 0.15) is 46.0 Å². The lowest BCUT2D eigenvalue weighted by atomic mass is 9.97. The van der Waals surface area contributed by atoms with Crippen LogP contribution in [0, 0.1) is 11.8 Å². The molecule has 0 radical (unpaired) electrons. The van der Waals surface area contributed by atoms with Crippen molar-refractivity contribution < 1.29 is 0 Å². The summed E-state index contributed by atoms with van der Waals surface area (Å²) in [5.41, 5.74) is 0. The first-order chi connectivity index (χ1) is 4.29. The van der Waals surface area contributed by atoms with Gasteiger partial charge in [-0.15, -0.1) is 0 Å². The zero-order valence-electron chi connectivity index (χ0n) is 6.69. The van der Waals surface area contributed by atoms with E-state index in [4.69, 9.17) is 0 Å². The average Bonchev–Trinajstić information content (AvgIpc) is 1.93. The van der Waals surface area contributed by atoms with Crippen LogP contribution in [-0.2, 0) is 0 Å². The first kappa shape index (κ1) is 7.11. The van der Waals surface area contributed by atoms with E-state index >= 15 is 0 Å². The van der Waals surface area contributed by atoms with E-state index < -0.39 is 0 Å². The van der Waals surface area contributed by atoms with Crippen LogP contribution in [0.4, 0.5) is 0 Å². The van der Waals surface area contributed by atoms with E-state index in [9.17, 15) is 0 Å². The first-order valence-electron chi connectivity index (χ1n) is 4.29. The van der Waals surface area contributed by atoms with E-state index in [1.807, 2.05) is 0 Å². The fraction of sp³-hybridized carbons (Fsp3) is 1.00. The van der Waals surface area contributed by atoms with Gasteiger partial charge in [0.05, 0.1) is 0 Å². The molecule has 0 amide bonds. The summed E-state index contributed by atoms with van der Waals surface area (Å²) in [6, 6.07) is 0. The third-order valence-electron chi connectivity index (χ3n) is 2.45. The maximum atomic E-state index is 2.39. The smallest absolute Gasteiger partial charge is 0.0440 e. The minimum Gasteiger partial charge on any atom is -0.0625 e. The van der Waals surface area contributed by atoms with Gasteiger partial charge in [-0.2, -0.15) is 0 Å². The lowest BCUT2D eigenvalue weighted by molar-refractivity contribution is 0.423. The van der Waals surface area contributed by atoms with Gasteiger partial charge in [0.25, 0.3) is 0 Å². The molecule has 0 aliphatic heterocycles. The van der Waals surface area contributed by atoms with Gasteiger partial charge in [0, 0.05) is 0 Å². The van der Waals surface area contributed by atoms with E-state index in [0.717, 1.165) is 11.8 Å². The van der Waals surface area contributed by atoms with Gasteiger partial charge in [-0.1, -0.05) is 39.5 Å². The molecule has 1 aliphatic rings. The van der Waals surface area contributed by atoms with Gasteiger partial charge in [0.2, 0.25) is 0 Å². The second-order valence-corrected chi connectivity index (χ2v) is 3.73. The second-order valence-electron chi connectivity index (χ2n) is 3.73. The highest BCUT2D eigenvalue weighted by atomic mass is 14.2. The summed E-state index contributed by atoms with van der Waals surface area (Å²) < 4.78 is 0. The summed E-state index contributed by atoms with van der Waals surface area (Å²) in [6.45, 7) is 4.78. The number of hydrogen-bond donors (Lipinski definition) is 0. The molecule has 0 unspecified atom stereocenters. The van der Waals surface area contributed by atoms with E-state index in [1.165, 1.54) is 32.1 Å². The van der Waals surface area contributed by atoms with Crippen molar-refractivity contribution in [3.8, 4) is 0 Å². The molecule has 54 valence electrons. The molecule has 1 rings (SSSR count). The molecular formula is C9H18. The van der Waals surface area contributed by atoms with Crippen molar-refractivity contribution in [3.63, 3.8) is 0 Å². The Bertz CT molecular complexity index is 66.1. The molecule has 0 N–H and O–H groups in total. The summed E-state index contributed by atoms with van der Waals surface area (Å²) in [5.74, 6) is 2.00. The minimum atomic E-state index is 1.00. The maximum Gasteiger partial charge on any atom is -0.0440 e. The van der Waals surface area contributed by atoms with Crippen molar-refractivity contribution in [2.75, 3.05) is 0 Å². The zero-order valence-corrected chi connectivity index (χ0v) is 6.69. The van der Waals surface area contributed by atoms with E-state index in [-0.39, 0.29) is 0 Å². The highest BCUT2D eigenvalue weighted by Gasteiger charge is 2.12. The summed E-state index contributed by atoms with van der Waals surface area (Å²) in [4.78, 5) is 0. The normalized spacial score (nSPS) is 38.0. The van der Waals surface area contributed by atoms with Crippen LogP contribution in [0.5, 0.6) is 0 Å². The van der Waals surface area contributed by atoms with Gasteiger partial charge in [-0.25, -0.2) is 0 Å². The molecule has 0 aromatic rings. The van der Waals surface area contributed by atoms with Crippen molar-refractivity contribution in [2.24, 2.45) is 11.8 Å². The molecule has 0 heterocycles. The Morgan fingerprint density at radius 1 is 0.889 bits per heavy atom. The van der Waals surface area contributed by atoms with Crippen molar-refractivity contribution in [1.82, 2.24) is 0 Å². The lowest BCUT2D eigenvalue weighted by Gasteiger charge is -2.09. The van der Waals surface area contributed by atoms with Crippen LogP contribution in [0.15, 0.2) is 0 Å². The fourth-order valence-electron chi connectivity index (χ4n) is 1.91. The Hall–Kier alpha value is 0. The van der Waals surface area contributed by atoms with Crippen molar-refractivity contribution in [1.29, 1.82) is 0 Å². The highest BCUT2D eigenvalue weighted by Crippen LogP contribution is 2.26. The Morgan fingerprint density at radius 3 is 1.78 bits per heavy atom. The highest BCUT2D eigenvalue weighted by molar-refractivity contribution is 4.64. The summed E-state index contributed by atoms with van der Waals surface area (Å²) >= 11 is 0. The van der Waals surface area contributed by atoms with Crippen LogP contribution >= 0.6 is 0 Å². The van der Waals surface area contributed by atoms with Crippen molar-refractivity contribution >= 4 is 0 Å². The van der Waals surface area contributed by atoms with E-state index in [2.05, 4.69) is 13.8 Å². The molecular weight excluding hydrogens is 108 g/mol. The Kier molecular flexibility index (Phi) is 2.56. The van der Waals surface area contributed by atoms with Gasteiger partial charge in [0.15, 0.2) is 0 Å². The van der Waals surface area contributed by atoms with Crippen LogP contribution in [0.25, 0.3) is 0 Å². The molecule has 0 nitrogen and oxygen atoms in total. The van der Waals surface area contributed by atoms with Crippen LogP contribution in [0.2, 0.25) is 0 Å². The second kappa shape index (κ2) is 3.24. The summed E-state index contributed by atoms with van der Waals surface area (Å²) in [6.07, 6.45) is 7.38. The van der Waals surface area contributed by atoms with Crippen LogP contribution in [0.3, 0.4) is 0 Å². The molecule has 2 atom stereocenters. The molecule has 0 aromatic carbocycles. The van der Waals surface area contributed by atoms with Gasteiger partial charge in [-0.3, -0.25) is 0 Å². The number of hydrogen-bond acceptors (Lipinski definition) is 0. The third kappa shape index (κ3) is 2.38. The SMILES string of the molecule is C[C@H]1CCCC[C@H](C)C1. The monoisotopic (exact) mass is 126 g/mol. The van der Waals surface area contributed by atoms with Gasteiger partial charge >= 0.3 is 0 Å². The topological polar surface area (TPSA) is 0 Å². The summed E-state index contributed by atoms with van der Waals surface area (Å²) in [5, 5.41) is 0. The standard InChI is InChI=1S/C9H18/c1-8-5-3-4-6-9(2)7-8/h8-9H,3-7H2,1-2H3/t8-,9-/m0/s1. The molecule has 1 fully saturated rings. The van der Waals surface area contributed by atoms with Crippen molar-refractivity contribution in [2.45, 2.75) is 46.0 Å². The van der Waals surface area contributed by atoms with Gasteiger partial charge in [-0.05, 0) is 18.3 Å². The third-order valence-corrected chi connectivity index (χ3v) is 2.45. The van der Waals surface area contributed by atoms with E-state index in [0.29, 0.717) is 0 Å². The number of rotatable bonds is 0. The lowest BCUT2D eigenvalue weighted by Crippen LogP contribution is -1.97. The maximum absolute atomic E-state index is 2.39. The minimum absolute atomic E-state index is 1.00.